The van der Waals surface area contributed by atoms with E-state index in [1.807, 2.05) is 19.2 Å². The molecule has 0 radical (unpaired) electrons. The van der Waals surface area contributed by atoms with Crippen molar-refractivity contribution in [2.45, 2.75) is 6.54 Å². The van der Waals surface area contributed by atoms with Crippen LogP contribution in [0.4, 0.5) is 0 Å². The Balaban J connectivity index is 1.62. The average molecular weight is 379 g/mol. The molecule has 3 rings (SSSR count). The molecule has 2 heterocycles. The van der Waals surface area contributed by atoms with Crippen LogP contribution in [-0.4, -0.2) is 39.9 Å². The molecule has 0 aliphatic carbocycles. The van der Waals surface area contributed by atoms with Crippen LogP contribution in [0.15, 0.2) is 48.9 Å². The molecule has 1 N–H and O–H groups in total. The number of nitrogens with zero attached hydrogens (tertiary/aromatic N) is 4. The van der Waals surface area contributed by atoms with E-state index < -0.39 is 0 Å². The van der Waals surface area contributed by atoms with Gasteiger partial charge in [-0.2, -0.15) is 5.10 Å². The van der Waals surface area contributed by atoms with E-state index in [1.165, 1.54) is 6.08 Å². The zero-order valence-electron chi connectivity index (χ0n) is 15.9. The molecule has 1 amide bonds. The first-order valence-corrected chi connectivity index (χ1v) is 8.58. The van der Waals surface area contributed by atoms with Gasteiger partial charge in [0.15, 0.2) is 11.5 Å². The van der Waals surface area contributed by atoms with Crippen molar-refractivity contribution in [3.05, 3.63) is 60.2 Å². The molecule has 1 aromatic carbocycles. The van der Waals surface area contributed by atoms with Gasteiger partial charge in [0.05, 0.1) is 32.7 Å². The zero-order valence-corrected chi connectivity index (χ0v) is 15.9. The lowest BCUT2D eigenvalue weighted by Crippen LogP contribution is -2.21. The summed E-state index contributed by atoms with van der Waals surface area (Å²) in [6, 6.07) is 7.32. The Kier molecular flexibility index (Phi) is 6.01. The third kappa shape index (κ3) is 4.53. The maximum absolute atomic E-state index is 12.1. The molecular formula is C20H21N5O3. The van der Waals surface area contributed by atoms with Gasteiger partial charge >= 0.3 is 0 Å². The second kappa shape index (κ2) is 8.81. The molecule has 8 nitrogen and oxygen atoms in total. The number of benzene rings is 1. The molecule has 8 heteroatoms. The molecule has 0 unspecified atom stereocenters. The first-order chi connectivity index (χ1) is 13.6. The highest BCUT2D eigenvalue weighted by Crippen LogP contribution is 2.27. The highest BCUT2D eigenvalue weighted by molar-refractivity contribution is 5.91. The van der Waals surface area contributed by atoms with Crippen molar-refractivity contribution in [1.29, 1.82) is 0 Å². The van der Waals surface area contributed by atoms with Gasteiger partial charge in [-0.3, -0.25) is 19.4 Å². The number of aromatic nitrogens is 4. The third-order valence-corrected chi connectivity index (χ3v) is 4.08. The highest BCUT2D eigenvalue weighted by atomic mass is 16.5. The van der Waals surface area contributed by atoms with Crippen molar-refractivity contribution >= 4 is 12.0 Å². The Bertz CT molecular complexity index is 983. The molecule has 0 aliphatic rings. The smallest absolute Gasteiger partial charge is 0.244 e. The molecular weight excluding hydrogens is 358 g/mol. The molecule has 0 aliphatic heterocycles. The number of ether oxygens (including phenoxy) is 2. The van der Waals surface area contributed by atoms with Gasteiger partial charge in [-0.15, -0.1) is 0 Å². The van der Waals surface area contributed by atoms with Gasteiger partial charge in [0.25, 0.3) is 0 Å². The van der Waals surface area contributed by atoms with Gasteiger partial charge in [-0.1, -0.05) is 6.07 Å². The van der Waals surface area contributed by atoms with Crippen molar-refractivity contribution in [2.75, 3.05) is 14.2 Å². The average Bonchev–Trinajstić information content (AvgIpc) is 3.11. The van der Waals surface area contributed by atoms with Crippen molar-refractivity contribution in [3.63, 3.8) is 0 Å². The summed E-state index contributed by atoms with van der Waals surface area (Å²) in [4.78, 5) is 20.4. The van der Waals surface area contributed by atoms with Crippen LogP contribution in [0.2, 0.25) is 0 Å². The number of hydrogen-bond acceptors (Lipinski definition) is 6. The Morgan fingerprint density at radius 1 is 1.14 bits per heavy atom. The summed E-state index contributed by atoms with van der Waals surface area (Å²) in [5.74, 6) is 1.03. The molecule has 0 fully saturated rings. The van der Waals surface area contributed by atoms with Crippen LogP contribution in [0.5, 0.6) is 11.5 Å². The molecule has 0 saturated carbocycles. The SMILES string of the molecule is COc1ccc(/C=C/C(=O)NCc2cc(-c3cnccn3)nn2C)cc1OC. The van der Waals surface area contributed by atoms with E-state index in [0.29, 0.717) is 29.4 Å². The molecule has 144 valence electrons. The van der Waals surface area contributed by atoms with Gasteiger partial charge in [0, 0.05) is 25.5 Å². The lowest BCUT2D eigenvalue weighted by molar-refractivity contribution is -0.116. The van der Waals surface area contributed by atoms with E-state index in [4.69, 9.17) is 9.47 Å². The predicted molar refractivity (Wildman–Crippen MR) is 105 cm³/mol. The van der Waals surface area contributed by atoms with Crippen LogP contribution < -0.4 is 14.8 Å². The monoisotopic (exact) mass is 379 g/mol. The second-order valence-corrected chi connectivity index (χ2v) is 5.90. The number of nitrogens with one attached hydrogen (secondary N) is 1. The highest BCUT2D eigenvalue weighted by Gasteiger charge is 2.09. The number of aryl methyl sites for hydroxylation is 1. The predicted octanol–water partition coefficient (Wildman–Crippen LogP) is 2.22. The van der Waals surface area contributed by atoms with Gasteiger partial charge in [-0.25, -0.2) is 0 Å². The summed E-state index contributed by atoms with van der Waals surface area (Å²) >= 11 is 0. The number of rotatable bonds is 7. The lowest BCUT2D eigenvalue weighted by atomic mass is 10.2. The van der Waals surface area contributed by atoms with E-state index in [2.05, 4.69) is 20.4 Å². The quantitative estimate of drug-likeness (QED) is 0.633. The van der Waals surface area contributed by atoms with E-state index in [1.54, 1.807) is 55.7 Å². The van der Waals surface area contributed by atoms with Crippen LogP contribution >= 0.6 is 0 Å². The van der Waals surface area contributed by atoms with E-state index >= 15 is 0 Å². The summed E-state index contributed by atoms with van der Waals surface area (Å²) in [6.07, 6.45) is 8.06. The summed E-state index contributed by atoms with van der Waals surface area (Å²) in [6.45, 7) is 0.346. The van der Waals surface area contributed by atoms with Crippen LogP contribution in [0.3, 0.4) is 0 Å². The molecule has 0 spiro atoms. The first kappa shape index (κ1) is 19.1. The van der Waals surface area contributed by atoms with Gasteiger partial charge in [-0.05, 0) is 29.8 Å². The van der Waals surface area contributed by atoms with Gasteiger partial charge in [0.1, 0.15) is 11.4 Å². The van der Waals surface area contributed by atoms with Gasteiger partial charge < -0.3 is 14.8 Å². The maximum Gasteiger partial charge on any atom is 0.244 e. The number of amides is 1. The van der Waals surface area contributed by atoms with E-state index in [9.17, 15) is 4.79 Å². The minimum absolute atomic E-state index is 0.211. The summed E-state index contributed by atoms with van der Waals surface area (Å²) < 4.78 is 12.2. The van der Waals surface area contributed by atoms with E-state index in [0.717, 1.165) is 11.3 Å². The molecule has 0 bridgehead atoms. The van der Waals surface area contributed by atoms with Crippen molar-refractivity contribution < 1.29 is 14.3 Å². The number of hydrogen-bond donors (Lipinski definition) is 1. The van der Waals surface area contributed by atoms with Gasteiger partial charge in [0.2, 0.25) is 5.91 Å². The molecule has 0 saturated heterocycles. The van der Waals surface area contributed by atoms with Crippen molar-refractivity contribution in [2.24, 2.45) is 7.05 Å². The lowest BCUT2D eigenvalue weighted by Gasteiger charge is -2.07. The van der Waals surface area contributed by atoms with Crippen molar-refractivity contribution in [1.82, 2.24) is 25.1 Å². The number of methoxy groups -OCH3 is 2. The van der Waals surface area contributed by atoms with Crippen LogP contribution in [0.1, 0.15) is 11.3 Å². The standard InChI is InChI=1S/C20H21N5O3/c1-25-15(11-16(24-25)17-13-21-8-9-22-17)12-23-20(26)7-5-14-4-6-18(27-2)19(10-14)28-3/h4-11,13H,12H2,1-3H3,(H,23,26)/b7-5+. The fraction of sp³-hybridized carbons (Fsp3) is 0.200. The zero-order chi connectivity index (χ0) is 19.9. The normalized spacial score (nSPS) is 10.8. The minimum Gasteiger partial charge on any atom is -0.493 e. The Morgan fingerprint density at radius 3 is 2.68 bits per heavy atom. The van der Waals surface area contributed by atoms with Crippen molar-refractivity contribution in [3.8, 4) is 22.9 Å². The largest absolute Gasteiger partial charge is 0.493 e. The Morgan fingerprint density at radius 2 is 1.96 bits per heavy atom. The first-order valence-electron chi connectivity index (χ1n) is 8.58. The van der Waals surface area contributed by atoms with E-state index in [-0.39, 0.29) is 5.91 Å². The Labute approximate surface area is 162 Å². The summed E-state index contributed by atoms with van der Waals surface area (Å²) in [5, 5.41) is 7.25. The molecule has 3 aromatic rings. The minimum atomic E-state index is -0.211. The van der Waals surface area contributed by atoms with Crippen LogP contribution in [0, 0.1) is 0 Å². The molecule has 2 aromatic heterocycles. The molecule has 28 heavy (non-hydrogen) atoms. The molecule has 0 atom stereocenters. The fourth-order valence-electron chi connectivity index (χ4n) is 2.59. The summed E-state index contributed by atoms with van der Waals surface area (Å²) in [7, 11) is 4.97. The summed E-state index contributed by atoms with van der Waals surface area (Å²) in [5.41, 5.74) is 3.08. The van der Waals surface area contributed by atoms with Crippen LogP contribution in [0.25, 0.3) is 17.5 Å². The fourth-order valence-corrected chi connectivity index (χ4v) is 2.59. The second-order valence-electron chi connectivity index (χ2n) is 5.90. The topological polar surface area (TPSA) is 91.2 Å². The third-order valence-electron chi connectivity index (χ3n) is 4.08. The number of carbonyl (C=O) groups excluding carboxylic acids is 1. The van der Waals surface area contributed by atoms with Crippen LogP contribution in [-0.2, 0) is 18.4 Å². The maximum atomic E-state index is 12.1. The Hall–Kier alpha value is -3.68. The number of carbonyl (C=O) groups is 1.